The molecular formula is C15H16FN3O2. The number of anilines is 1. The van der Waals surface area contributed by atoms with Crippen LogP contribution in [0, 0.1) is 5.82 Å². The number of hydrogen-bond acceptors (Lipinski definition) is 3. The number of aliphatic hydroxyl groups is 1. The first kappa shape index (κ1) is 14.9. The lowest BCUT2D eigenvalue weighted by molar-refractivity contribution is 0.139. The third-order valence-corrected chi connectivity index (χ3v) is 2.98. The van der Waals surface area contributed by atoms with Crippen molar-refractivity contribution in [1.82, 2.24) is 10.3 Å². The highest BCUT2D eigenvalue weighted by Gasteiger charge is 2.18. The number of rotatable bonds is 4. The summed E-state index contributed by atoms with van der Waals surface area (Å²) in [7, 11) is 0. The third kappa shape index (κ3) is 4.25. The summed E-state index contributed by atoms with van der Waals surface area (Å²) in [4.78, 5) is 15.6. The Kier molecular flexibility index (Phi) is 4.84. The number of carbonyl (C=O) groups is 1. The van der Waals surface area contributed by atoms with Crippen LogP contribution in [0.1, 0.15) is 18.6 Å². The minimum absolute atomic E-state index is 0.373. The number of urea groups is 1. The van der Waals surface area contributed by atoms with Crippen molar-refractivity contribution in [2.24, 2.45) is 0 Å². The number of benzene rings is 1. The van der Waals surface area contributed by atoms with Crippen LogP contribution in [0.3, 0.4) is 0 Å². The van der Waals surface area contributed by atoms with Gasteiger partial charge >= 0.3 is 6.03 Å². The molecule has 1 aromatic heterocycles. The zero-order chi connectivity index (χ0) is 15.2. The van der Waals surface area contributed by atoms with Crippen LogP contribution in [-0.4, -0.2) is 22.2 Å². The van der Waals surface area contributed by atoms with Gasteiger partial charge in [-0.15, -0.1) is 0 Å². The molecule has 3 N–H and O–H groups in total. The van der Waals surface area contributed by atoms with E-state index in [2.05, 4.69) is 15.6 Å². The zero-order valence-corrected chi connectivity index (χ0v) is 11.5. The highest BCUT2D eigenvalue weighted by Crippen LogP contribution is 2.17. The Bertz CT molecular complexity index is 590. The van der Waals surface area contributed by atoms with E-state index in [1.807, 2.05) is 0 Å². The molecule has 0 aliphatic rings. The van der Waals surface area contributed by atoms with Gasteiger partial charge in [0.15, 0.2) is 0 Å². The number of halogens is 1. The number of nitrogens with one attached hydrogen (secondary N) is 2. The van der Waals surface area contributed by atoms with Crippen LogP contribution in [-0.2, 0) is 0 Å². The Labute approximate surface area is 121 Å². The van der Waals surface area contributed by atoms with E-state index in [1.165, 1.54) is 24.3 Å². The van der Waals surface area contributed by atoms with E-state index >= 15 is 0 Å². The molecule has 1 heterocycles. The van der Waals surface area contributed by atoms with E-state index in [4.69, 9.17) is 0 Å². The third-order valence-electron chi connectivity index (χ3n) is 2.98. The number of amides is 2. The lowest BCUT2D eigenvalue weighted by Gasteiger charge is -2.20. The summed E-state index contributed by atoms with van der Waals surface area (Å²) < 4.78 is 12.8. The maximum Gasteiger partial charge on any atom is 0.319 e. The second kappa shape index (κ2) is 6.81. The van der Waals surface area contributed by atoms with Gasteiger partial charge in [-0.1, -0.05) is 12.1 Å². The molecule has 2 unspecified atom stereocenters. The molecule has 1 aromatic carbocycles. The van der Waals surface area contributed by atoms with Gasteiger partial charge in [-0.05, 0) is 36.8 Å². The van der Waals surface area contributed by atoms with Crippen molar-refractivity contribution in [2.45, 2.75) is 19.1 Å². The van der Waals surface area contributed by atoms with Crippen LogP contribution in [0.5, 0.6) is 0 Å². The predicted octanol–water partition coefficient (Wildman–Crippen LogP) is 2.46. The van der Waals surface area contributed by atoms with E-state index in [0.29, 0.717) is 11.3 Å². The largest absolute Gasteiger partial charge is 0.386 e. The van der Waals surface area contributed by atoms with Gasteiger partial charge in [0, 0.05) is 18.1 Å². The van der Waals surface area contributed by atoms with Gasteiger partial charge in [0.05, 0.1) is 12.1 Å². The lowest BCUT2D eigenvalue weighted by atomic mass is 10.0. The summed E-state index contributed by atoms with van der Waals surface area (Å²) in [5.74, 6) is -0.373. The fraction of sp³-hybridized carbons (Fsp3) is 0.200. The molecule has 5 nitrogen and oxygen atoms in total. The van der Waals surface area contributed by atoms with E-state index in [0.717, 1.165) is 0 Å². The molecule has 2 rings (SSSR count). The smallest absolute Gasteiger partial charge is 0.319 e. The van der Waals surface area contributed by atoms with Crippen LogP contribution in [0.25, 0.3) is 0 Å². The van der Waals surface area contributed by atoms with Gasteiger partial charge in [0.25, 0.3) is 0 Å². The van der Waals surface area contributed by atoms with Crippen molar-refractivity contribution in [3.05, 3.63) is 60.2 Å². The summed E-state index contributed by atoms with van der Waals surface area (Å²) >= 11 is 0. The average molecular weight is 289 g/mol. The van der Waals surface area contributed by atoms with Gasteiger partial charge in [-0.2, -0.15) is 0 Å². The number of pyridine rings is 1. The predicted molar refractivity (Wildman–Crippen MR) is 77.2 cm³/mol. The van der Waals surface area contributed by atoms with E-state index in [-0.39, 0.29) is 5.82 Å². The quantitative estimate of drug-likeness (QED) is 0.809. The monoisotopic (exact) mass is 289 g/mol. The molecule has 2 amide bonds. The van der Waals surface area contributed by atoms with Crippen LogP contribution in [0.2, 0.25) is 0 Å². The van der Waals surface area contributed by atoms with Crippen molar-refractivity contribution in [1.29, 1.82) is 0 Å². The highest BCUT2D eigenvalue weighted by atomic mass is 19.1. The molecule has 0 aliphatic heterocycles. The first-order valence-electron chi connectivity index (χ1n) is 6.47. The minimum atomic E-state index is -0.922. The van der Waals surface area contributed by atoms with Crippen LogP contribution in [0.15, 0.2) is 48.8 Å². The SMILES string of the molecule is CC(NC(=O)Nc1ccncc1)C(O)c1ccc(F)cc1. The van der Waals surface area contributed by atoms with Gasteiger partial charge in [-0.25, -0.2) is 9.18 Å². The molecule has 0 radical (unpaired) electrons. The number of aliphatic hydroxyl groups excluding tert-OH is 1. The van der Waals surface area contributed by atoms with Crippen molar-refractivity contribution in [3.8, 4) is 0 Å². The van der Waals surface area contributed by atoms with Crippen molar-refractivity contribution in [2.75, 3.05) is 5.32 Å². The summed E-state index contributed by atoms with van der Waals surface area (Å²) in [6.07, 6.45) is 2.20. The second-order valence-electron chi connectivity index (χ2n) is 4.62. The number of nitrogens with zero attached hydrogens (tertiary/aromatic N) is 1. The Morgan fingerprint density at radius 1 is 1.19 bits per heavy atom. The van der Waals surface area contributed by atoms with Gasteiger partial charge in [0.1, 0.15) is 5.82 Å². The van der Waals surface area contributed by atoms with Crippen molar-refractivity contribution in [3.63, 3.8) is 0 Å². The molecule has 0 spiro atoms. The van der Waals surface area contributed by atoms with Crippen molar-refractivity contribution >= 4 is 11.7 Å². The molecule has 0 saturated carbocycles. The fourth-order valence-corrected chi connectivity index (χ4v) is 1.84. The van der Waals surface area contributed by atoms with Crippen molar-refractivity contribution < 1.29 is 14.3 Å². The lowest BCUT2D eigenvalue weighted by Crippen LogP contribution is -2.39. The topological polar surface area (TPSA) is 74.2 Å². The second-order valence-corrected chi connectivity index (χ2v) is 4.62. The maximum atomic E-state index is 12.8. The highest BCUT2D eigenvalue weighted by molar-refractivity contribution is 5.89. The summed E-state index contributed by atoms with van der Waals surface area (Å²) in [6.45, 7) is 1.67. The molecule has 0 bridgehead atoms. The molecule has 0 saturated heterocycles. The van der Waals surface area contributed by atoms with Gasteiger partial charge in [0.2, 0.25) is 0 Å². The van der Waals surface area contributed by atoms with Gasteiger partial charge < -0.3 is 15.7 Å². The molecule has 21 heavy (non-hydrogen) atoms. The summed E-state index contributed by atoms with van der Waals surface area (Å²) in [5, 5.41) is 15.4. The number of carbonyl (C=O) groups excluding carboxylic acids is 1. The summed E-state index contributed by atoms with van der Waals surface area (Å²) in [5.41, 5.74) is 1.14. The van der Waals surface area contributed by atoms with Crippen LogP contribution < -0.4 is 10.6 Å². The number of hydrogen-bond donors (Lipinski definition) is 3. The number of aromatic nitrogens is 1. The Balaban J connectivity index is 1.92. The Morgan fingerprint density at radius 2 is 1.81 bits per heavy atom. The Morgan fingerprint density at radius 3 is 2.43 bits per heavy atom. The van der Waals surface area contributed by atoms with E-state index < -0.39 is 18.2 Å². The van der Waals surface area contributed by atoms with Gasteiger partial charge in [-0.3, -0.25) is 4.98 Å². The molecular weight excluding hydrogens is 273 g/mol. The zero-order valence-electron chi connectivity index (χ0n) is 11.5. The molecule has 2 aromatic rings. The maximum absolute atomic E-state index is 12.8. The molecule has 110 valence electrons. The van der Waals surface area contributed by atoms with Crippen LogP contribution >= 0.6 is 0 Å². The van der Waals surface area contributed by atoms with E-state index in [1.54, 1.807) is 31.5 Å². The Hall–Kier alpha value is -2.47. The molecule has 6 heteroatoms. The first-order valence-corrected chi connectivity index (χ1v) is 6.47. The van der Waals surface area contributed by atoms with E-state index in [9.17, 15) is 14.3 Å². The fourth-order valence-electron chi connectivity index (χ4n) is 1.84. The normalized spacial score (nSPS) is 13.3. The van der Waals surface area contributed by atoms with Crippen LogP contribution in [0.4, 0.5) is 14.9 Å². The average Bonchev–Trinajstić information content (AvgIpc) is 2.48. The molecule has 0 fully saturated rings. The molecule has 0 aliphatic carbocycles. The standard InChI is InChI=1S/C15H16FN3O2/c1-10(14(20)11-2-4-12(16)5-3-11)18-15(21)19-13-6-8-17-9-7-13/h2-10,14,20H,1H3,(H2,17,18,19,21). The summed E-state index contributed by atoms with van der Waals surface area (Å²) in [6, 6.07) is 7.84. The first-order chi connectivity index (χ1) is 10.1. The minimum Gasteiger partial charge on any atom is -0.386 e. The molecule has 2 atom stereocenters.